The molecule has 1 aromatic carbocycles. The lowest BCUT2D eigenvalue weighted by Gasteiger charge is -2.13. The lowest BCUT2D eigenvalue weighted by molar-refractivity contribution is 0.580. The molecule has 3 N–H and O–H groups in total. The molecule has 0 aliphatic heterocycles. The number of sulfonamides is 1. The Bertz CT molecular complexity index is 750. The van der Waals surface area contributed by atoms with Crippen molar-refractivity contribution in [2.24, 2.45) is 7.05 Å². The molecule has 2 rings (SSSR count). The average Bonchev–Trinajstić information content (AvgIpc) is 2.80. The Morgan fingerprint density at radius 3 is 2.67 bits per heavy atom. The summed E-state index contributed by atoms with van der Waals surface area (Å²) in [6, 6.07) is 3.44. The van der Waals surface area contributed by atoms with Gasteiger partial charge < -0.3 is 5.73 Å². The van der Waals surface area contributed by atoms with Crippen LogP contribution < -0.4 is 10.5 Å². The van der Waals surface area contributed by atoms with Crippen LogP contribution in [0.4, 0.5) is 5.69 Å². The molecule has 0 spiro atoms. The molecular formula is C14H20N4O2S. The molecule has 0 fully saturated rings. The SMILES string of the molecule is Cc1ccc(N)c(C)c1S(=O)(=O)NCCc1cnn(C)c1. The molecule has 1 heterocycles. The lowest BCUT2D eigenvalue weighted by atomic mass is 10.1. The zero-order chi connectivity index (χ0) is 15.6. The van der Waals surface area contributed by atoms with Crippen LogP contribution in [0.1, 0.15) is 16.7 Å². The third-order valence-corrected chi connectivity index (χ3v) is 5.13. The van der Waals surface area contributed by atoms with Crippen molar-refractivity contribution in [1.29, 1.82) is 0 Å². The number of nitrogen functional groups attached to an aromatic ring is 1. The molecule has 21 heavy (non-hydrogen) atoms. The van der Waals surface area contributed by atoms with E-state index in [1.807, 2.05) is 13.2 Å². The zero-order valence-electron chi connectivity index (χ0n) is 12.4. The molecule has 6 nitrogen and oxygen atoms in total. The highest BCUT2D eigenvalue weighted by Gasteiger charge is 2.20. The van der Waals surface area contributed by atoms with Gasteiger partial charge in [0.25, 0.3) is 0 Å². The van der Waals surface area contributed by atoms with E-state index < -0.39 is 10.0 Å². The van der Waals surface area contributed by atoms with E-state index in [-0.39, 0.29) is 4.90 Å². The minimum absolute atomic E-state index is 0.272. The second-order valence-electron chi connectivity index (χ2n) is 5.10. The molecule has 2 aromatic rings. The molecule has 1 aromatic heterocycles. The summed E-state index contributed by atoms with van der Waals surface area (Å²) in [5, 5.41) is 4.05. The summed E-state index contributed by atoms with van der Waals surface area (Å²) in [4.78, 5) is 0.272. The van der Waals surface area contributed by atoms with Gasteiger partial charge in [-0.1, -0.05) is 6.07 Å². The molecule has 114 valence electrons. The number of hydrogen-bond acceptors (Lipinski definition) is 4. The first-order valence-electron chi connectivity index (χ1n) is 6.64. The number of benzene rings is 1. The Morgan fingerprint density at radius 2 is 2.05 bits per heavy atom. The summed E-state index contributed by atoms with van der Waals surface area (Å²) in [5.41, 5.74) is 8.55. The number of hydrogen-bond donors (Lipinski definition) is 2. The fourth-order valence-corrected chi connectivity index (χ4v) is 3.79. The summed E-state index contributed by atoms with van der Waals surface area (Å²) < 4.78 is 29.2. The van der Waals surface area contributed by atoms with E-state index in [1.54, 1.807) is 36.9 Å². The summed E-state index contributed by atoms with van der Waals surface area (Å²) in [6.45, 7) is 3.81. The van der Waals surface area contributed by atoms with E-state index in [0.717, 1.165) is 5.56 Å². The fraction of sp³-hybridized carbons (Fsp3) is 0.357. The highest BCUT2D eigenvalue weighted by atomic mass is 32.2. The average molecular weight is 308 g/mol. The zero-order valence-corrected chi connectivity index (χ0v) is 13.2. The van der Waals surface area contributed by atoms with Gasteiger partial charge in [-0.15, -0.1) is 0 Å². The maximum absolute atomic E-state index is 12.4. The molecule has 0 amide bonds. The molecule has 0 radical (unpaired) electrons. The third kappa shape index (κ3) is 3.43. The number of nitrogens with two attached hydrogens (primary N) is 1. The van der Waals surface area contributed by atoms with Crippen LogP contribution in [0.5, 0.6) is 0 Å². The highest BCUT2D eigenvalue weighted by molar-refractivity contribution is 7.89. The predicted octanol–water partition coefficient (Wildman–Crippen LogP) is 1.14. The third-order valence-electron chi connectivity index (χ3n) is 3.38. The van der Waals surface area contributed by atoms with E-state index in [1.165, 1.54) is 0 Å². The van der Waals surface area contributed by atoms with Crippen molar-refractivity contribution in [3.8, 4) is 0 Å². The van der Waals surface area contributed by atoms with Gasteiger partial charge in [-0.25, -0.2) is 13.1 Å². The van der Waals surface area contributed by atoms with Crippen LogP contribution >= 0.6 is 0 Å². The first kappa shape index (κ1) is 15.5. The van der Waals surface area contributed by atoms with Gasteiger partial charge in [0, 0.05) is 25.5 Å². The van der Waals surface area contributed by atoms with Gasteiger partial charge in [0.1, 0.15) is 0 Å². The topological polar surface area (TPSA) is 90.0 Å². The van der Waals surface area contributed by atoms with Gasteiger partial charge in [0.15, 0.2) is 0 Å². The molecule has 7 heteroatoms. The van der Waals surface area contributed by atoms with Crippen molar-refractivity contribution in [3.05, 3.63) is 41.2 Å². The van der Waals surface area contributed by atoms with Crippen LogP contribution in [0.15, 0.2) is 29.4 Å². The first-order valence-corrected chi connectivity index (χ1v) is 8.12. The summed E-state index contributed by atoms with van der Waals surface area (Å²) >= 11 is 0. The number of rotatable bonds is 5. The van der Waals surface area contributed by atoms with E-state index in [9.17, 15) is 8.42 Å². The van der Waals surface area contributed by atoms with Gasteiger partial charge in [0.2, 0.25) is 10.0 Å². The first-order chi connectivity index (χ1) is 9.81. The minimum Gasteiger partial charge on any atom is -0.398 e. The fourth-order valence-electron chi connectivity index (χ4n) is 2.26. The normalized spacial score (nSPS) is 11.8. The molecule has 0 aliphatic rings. The second-order valence-corrected chi connectivity index (χ2v) is 6.80. The molecule has 0 atom stereocenters. The van der Waals surface area contributed by atoms with E-state index in [4.69, 9.17) is 5.73 Å². The lowest BCUT2D eigenvalue weighted by Crippen LogP contribution is -2.27. The monoisotopic (exact) mass is 308 g/mol. The van der Waals surface area contributed by atoms with Crippen molar-refractivity contribution in [2.45, 2.75) is 25.2 Å². The summed E-state index contributed by atoms with van der Waals surface area (Å²) in [7, 11) is -1.74. The van der Waals surface area contributed by atoms with Crippen LogP contribution in [0.25, 0.3) is 0 Å². The Balaban J connectivity index is 2.14. The van der Waals surface area contributed by atoms with Gasteiger partial charge >= 0.3 is 0 Å². The van der Waals surface area contributed by atoms with Crippen LogP contribution in [-0.2, 0) is 23.5 Å². The minimum atomic E-state index is -3.56. The Kier molecular flexibility index (Phi) is 4.34. The smallest absolute Gasteiger partial charge is 0.241 e. The molecule has 0 saturated carbocycles. The summed E-state index contributed by atoms with van der Waals surface area (Å²) in [6.07, 6.45) is 4.18. The van der Waals surface area contributed by atoms with Crippen molar-refractivity contribution in [1.82, 2.24) is 14.5 Å². The number of nitrogens with one attached hydrogen (secondary N) is 1. The van der Waals surface area contributed by atoms with Gasteiger partial charge in [0.05, 0.1) is 11.1 Å². The van der Waals surface area contributed by atoms with E-state index in [2.05, 4.69) is 9.82 Å². The molecule has 0 unspecified atom stereocenters. The van der Waals surface area contributed by atoms with Crippen LogP contribution in [0.3, 0.4) is 0 Å². The molecule has 0 saturated heterocycles. The Morgan fingerprint density at radius 1 is 1.33 bits per heavy atom. The molecule has 0 bridgehead atoms. The van der Waals surface area contributed by atoms with Crippen LogP contribution in [0, 0.1) is 13.8 Å². The molecule has 0 aliphatic carbocycles. The molecular weight excluding hydrogens is 288 g/mol. The van der Waals surface area contributed by atoms with Gasteiger partial charge in [-0.2, -0.15) is 5.10 Å². The number of anilines is 1. The Labute approximate surface area is 125 Å². The highest BCUT2D eigenvalue weighted by Crippen LogP contribution is 2.24. The second kappa shape index (κ2) is 5.87. The van der Waals surface area contributed by atoms with E-state index >= 15 is 0 Å². The van der Waals surface area contributed by atoms with E-state index in [0.29, 0.717) is 29.8 Å². The van der Waals surface area contributed by atoms with Crippen molar-refractivity contribution < 1.29 is 8.42 Å². The largest absolute Gasteiger partial charge is 0.398 e. The number of nitrogens with zero attached hydrogens (tertiary/aromatic N) is 2. The van der Waals surface area contributed by atoms with Gasteiger partial charge in [-0.3, -0.25) is 4.68 Å². The predicted molar refractivity (Wildman–Crippen MR) is 82.4 cm³/mol. The number of aryl methyl sites for hydroxylation is 2. The maximum atomic E-state index is 12.4. The van der Waals surface area contributed by atoms with Crippen LogP contribution in [-0.4, -0.2) is 24.7 Å². The maximum Gasteiger partial charge on any atom is 0.241 e. The Hall–Kier alpha value is -1.86. The summed E-state index contributed by atoms with van der Waals surface area (Å²) in [5.74, 6) is 0. The standard InChI is InChI=1S/C14H20N4O2S/c1-10-4-5-13(15)11(2)14(10)21(19,20)17-7-6-12-8-16-18(3)9-12/h4-5,8-9,17H,6-7,15H2,1-3H3. The van der Waals surface area contributed by atoms with Crippen LogP contribution in [0.2, 0.25) is 0 Å². The van der Waals surface area contributed by atoms with Crippen molar-refractivity contribution in [3.63, 3.8) is 0 Å². The van der Waals surface area contributed by atoms with Crippen molar-refractivity contribution in [2.75, 3.05) is 12.3 Å². The number of aromatic nitrogens is 2. The van der Waals surface area contributed by atoms with Crippen molar-refractivity contribution >= 4 is 15.7 Å². The quantitative estimate of drug-likeness (QED) is 0.811. The van der Waals surface area contributed by atoms with Gasteiger partial charge in [-0.05, 0) is 43.0 Å².